The first-order chi connectivity index (χ1) is 8.12. The largest absolute Gasteiger partial charge is 0.300 e. The van der Waals surface area contributed by atoms with Gasteiger partial charge >= 0.3 is 0 Å². The smallest absolute Gasteiger partial charge is 0.241 e. The molecule has 0 spiro atoms. The first kappa shape index (κ1) is 14.9. The summed E-state index contributed by atoms with van der Waals surface area (Å²) in [6.07, 6.45) is 0.165. The normalized spacial score (nSPS) is 12.4. The van der Waals surface area contributed by atoms with Crippen LogP contribution in [0.3, 0.4) is 0 Å². The molecule has 0 heterocycles. The summed E-state index contributed by atoms with van der Waals surface area (Å²) in [5.74, 6) is -0.0494. The zero-order valence-electron chi connectivity index (χ0n) is 11.1. The zero-order valence-corrected chi connectivity index (χ0v) is 12.0. The lowest BCUT2D eigenvalue weighted by molar-refractivity contribution is -0.117. The molecule has 0 unspecified atom stereocenters. The van der Waals surface area contributed by atoms with Gasteiger partial charge in [0.25, 0.3) is 0 Å². The Balaban J connectivity index is 2.95. The predicted octanol–water partition coefficient (Wildman–Crippen LogP) is 2.03. The molecule has 0 aliphatic rings. The highest BCUT2D eigenvalue weighted by atomic mass is 32.2. The molecule has 0 bridgehead atoms. The lowest BCUT2D eigenvalue weighted by atomic mass is 10.0. The minimum atomic E-state index is -3.58. The lowest BCUT2D eigenvalue weighted by Crippen LogP contribution is -2.44. The highest BCUT2D eigenvalue weighted by Gasteiger charge is 2.27. The van der Waals surface area contributed by atoms with E-state index in [-0.39, 0.29) is 17.1 Å². The second-order valence-electron chi connectivity index (χ2n) is 5.18. The number of nitrogens with one attached hydrogen (secondary N) is 1. The Hall–Kier alpha value is -1.20. The lowest BCUT2D eigenvalue weighted by Gasteiger charge is -2.24. The maximum absolute atomic E-state index is 12.1. The highest BCUT2D eigenvalue weighted by molar-refractivity contribution is 7.89. The van der Waals surface area contributed by atoms with Crippen molar-refractivity contribution >= 4 is 15.8 Å². The monoisotopic (exact) mass is 269 g/mol. The summed E-state index contributed by atoms with van der Waals surface area (Å²) < 4.78 is 26.8. The van der Waals surface area contributed by atoms with Gasteiger partial charge in [-0.2, -0.15) is 0 Å². The molecule has 0 aliphatic heterocycles. The predicted molar refractivity (Wildman–Crippen MR) is 70.9 cm³/mol. The van der Waals surface area contributed by atoms with Gasteiger partial charge < -0.3 is 0 Å². The van der Waals surface area contributed by atoms with E-state index in [1.807, 2.05) is 6.92 Å². The van der Waals surface area contributed by atoms with E-state index in [1.165, 1.54) is 6.92 Å². The van der Waals surface area contributed by atoms with E-state index in [0.29, 0.717) is 0 Å². The average Bonchev–Trinajstić information content (AvgIpc) is 2.13. The van der Waals surface area contributed by atoms with Crippen molar-refractivity contribution in [2.24, 2.45) is 0 Å². The molecule has 4 nitrogen and oxygen atoms in total. The molecular weight excluding hydrogens is 250 g/mol. The summed E-state index contributed by atoms with van der Waals surface area (Å²) in [5.41, 5.74) is 0.215. The Bertz CT molecular complexity index is 530. The number of ketones is 1. The fraction of sp³-hybridized carbons (Fsp3) is 0.462. The molecule has 0 saturated heterocycles. The maximum Gasteiger partial charge on any atom is 0.241 e. The summed E-state index contributed by atoms with van der Waals surface area (Å²) >= 11 is 0. The molecule has 18 heavy (non-hydrogen) atoms. The van der Waals surface area contributed by atoms with Gasteiger partial charge in [-0.15, -0.1) is 0 Å². The minimum absolute atomic E-state index is 0.0494. The third-order valence-corrected chi connectivity index (χ3v) is 4.15. The first-order valence-electron chi connectivity index (χ1n) is 5.72. The van der Waals surface area contributed by atoms with Crippen molar-refractivity contribution in [2.45, 2.75) is 44.6 Å². The van der Waals surface area contributed by atoms with Gasteiger partial charge in [-0.1, -0.05) is 17.7 Å². The summed E-state index contributed by atoms with van der Waals surface area (Å²) in [5, 5.41) is 0. The van der Waals surface area contributed by atoms with Crippen LogP contribution in [0.1, 0.15) is 32.8 Å². The molecule has 0 radical (unpaired) electrons. The van der Waals surface area contributed by atoms with Crippen molar-refractivity contribution in [3.05, 3.63) is 29.8 Å². The van der Waals surface area contributed by atoms with E-state index in [1.54, 1.807) is 38.1 Å². The van der Waals surface area contributed by atoms with Crippen LogP contribution in [0, 0.1) is 6.92 Å². The van der Waals surface area contributed by atoms with Crippen molar-refractivity contribution in [2.75, 3.05) is 0 Å². The van der Waals surface area contributed by atoms with Crippen molar-refractivity contribution in [1.29, 1.82) is 0 Å². The number of aryl methyl sites for hydroxylation is 1. The molecule has 100 valence electrons. The van der Waals surface area contributed by atoms with Gasteiger partial charge in [0.2, 0.25) is 10.0 Å². The Morgan fingerprint density at radius 3 is 2.17 bits per heavy atom. The second kappa shape index (κ2) is 5.20. The molecule has 5 heteroatoms. The van der Waals surface area contributed by atoms with E-state index in [9.17, 15) is 13.2 Å². The number of rotatable bonds is 5. The topological polar surface area (TPSA) is 63.2 Å². The van der Waals surface area contributed by atoms with Gasteiger partial charge in [0.05, 0.1) is 4.90 Å². The van der Waals surface area contributed by atoms with Crippen LogP contribution in [-0.4, -0.2) is 19.7 Å². The summed E-state index contributed by atoms with van der Waals surface area (Å²) in [7, 11) is -3.58. The number of carbonyl (C=O) groups is 1. The number of hydrogen-bond acceptors (Lipinski definition) is 3. The van der Waals surface area contributed by atoms with Gasteiger partial charge in [0.1, 0.15) is 5.78 Å². The van der Waals surface area contributed by atoms with Gasteiger partial charge in [-0.05, 0) is 39.8 Å². The molecule has 0 atom stereocenters. The maximum atomic E-state index is 12.1. The molecule has 1 aromatic carbocycles. The average molecular weight is 269 g/mol. The van der Waals surface area contributed by atoms with Gasteiger partial charge in [0, 0.05) is 12.0 Å². The van der Waals surface area contributed by atoms with Crippen molar-refractivity contribution in [1.82, 2.24) is 4.72 Å². The Morgan fingerprint density at radius 2 is 1.72 bits per heavy atom. The van der Waals surface area contributed by atoms with Crippen molar-refractivity contribution in [3.63, 3.8) is 0 Å². The minimum Gasteiger partial charge on any atom is -0.300 e. The van der Waals surface area contributed by atoms with Crippen molar-refractivity contribution in [3.8, 4) is 0 Å². The Labute approximate surface area is 108 Å². The molecule has 0 saturated carbocycles. The molecule has 0 aliphatic carbocycles. The SMILES string of the molecule is CC(=O)CC(C)(C)NS(=O)(=O)c1ccc(C)cc1. The van der Waals surface area contributed by atoms with Gasteiger partial charge in [-0.3, -0.25) is 4.79 Å². The van der Waals surface area contributed by atoms with Crippen LogP contribution in [0.5, 0.6) is 0 Å². The van der Waals surface area contributed by atoms with Crippen LogP contribution in [0.2, 0.25) is 0 Å². The molecule has 0 fully saturated rings. The highest BCUT2D eigenvalue weighted by Crippen LogP contribution is 2.16. The number of Topliss-reactive ketones (excluding diaryl/α,β-unsaturated/α-hetero) is 1. The van der Waals surface area contributed by atoms with E-state index in [0.717, 1.165) is 5.56 Å². The van der Waals surface area contributed by atoms with Gasteiger partial charge in [0.15, 0.2) is 0 Å². The van der Waals surface area contributed by atoms with E-state index in [2.05, 4.69) is 4.72 Å². The molecular formula is C13H19NO3S. The van der Waals surface area contributed by atoms with Crippen LogP contribution in [0.25, 0.3) is 0 Å². The third kappa shape index (κ3) is 4.23. The van der Waals surface area contributed by atoms with E-state index in [4.69, 9.17) is 0 Å². The van der Waals surface area contributed by atoms with Crippen LogP contribution in [-0.2, 0) is 14.8 Å². The quantitative estimate of drug-likeness (QED) is 0.889. The fourth-order valence-electron chi connectivity index (χ4n) is 1.80. The van der Waals surface area contributed by atoms with Crippen LogP contribution in [0.4, 0.5) is 0 Å². The molecule has 1 aromatic rings. The van der Waals surface area contributed by atoms with E-state index < -0.39 is 15.6 Å². The van der Waals surface area contributed by atoms with E-state index >= 15 is 0 Å². The summed E-state index contributed by atoms with van der Waals surface area (Å²) in [6.45, 7) is 6.73. The molecule has 0 aromatic heterocycles. The zero-order chi connectivity index (χ0) is 14.0. The Morgan fingerprint density at radius 1 is 1.22 bits per heavy atom. The standard InChI is InChI=1S/C13H19NO3S/c1-10-5-7-12(8-6-10)18(16,17)14-13(3,4)9-11(2)15/h5-8,14H,9H2,1-4H3. The van der Waals surface area contributed by atoms with Crippen LogP contribution < -0.4 is 4.72 Å². The summed E-state index contributed by atoms with van der Waals surface area (Å²) in [6, 6.07) is 6.60. The summed E-state index contributed by atoms with van der Waals surface area (Å²) in [4.78, 5) is 11.3. The number of hydrogen-bond donors (Lipinski definition) is 1. The van der Waals surface area contributed by atoms with Crippen LogP contribution in [0.15, 0.2) is 29.2 Å². The van der Waals surface area contributed by atoms with Crippen molar-refractivity contribution < 1.29 is 13.2 Å². The first-order valence-corrected chi connectivity index (χ1v) is 7.21. The fourth-order valence-corrected chi connectivity index (χ4v) is 3.21. The van der Waals surface area contributed by atoms with Gasteiger partial charge in [-0.25, -0.2) is 13.1 Å². The second-order valence-corrected chi connectivity index (χ2v) is 6.86. The number of benzene rings is 1. The number of sulfonamides is 1. The Kier molecular flexibility index (Phi) is 4.29. The molecule has 1 rings (SSSR count). The third-order valence-electron chi connectivity index (χ3n) is 2.43. The molecule has 1 N–H and O–H groups in total. The molecule has 0 amide bonds. The van der Waals surface area contributed by atoms with Crippen LogP contribution >= 0.6 is 0 Å². The number of carbonyl (C=O) groups excluding carboxylic acids is 1.